The maximum absolute atomic E-state index is 11.6. The third-order valence-corrected chi connectivity index (χ3v) is 3.31. The molecule has 0 heterocycles. The van der Waals surface area contributed by atoms with Crippen LogP contribution in [0.15, 0.2) is 12.3 Å². The van der Waals surface area contributed by atoms with Gasteiger partial charge in [-0.3, -0.25) is 4.79 Å². The lowest BCUT2D eigenvalue weighted by Crippen LogP contribution is -2.40. The fourth-order valence-corrected chi connectivity index (χ4v) is 2.28. The molecule has 0 aromatic rings. The van der Waals surface area contributed by atoms with Crippen molar-refractivity contribution in [1.29, 1.82) is 0 Å². The first kappa shape index (κ1) is 18.5. The normalized spacial score (nSPS) is 22.4. The first-order valence-corrected chi connectivity index (χ1v) is 7.65. The highest BCUT2D eigenvalue weighted by molar-refractivity contribution is 5.81. The Bertz CT molecular complexity index is 392. The zero-order valence-corrected chi connectivity index (χ0v) is 13.9. The number of carbonyl (C=O) groups is 2. The molecule has 1 aliphatic carbocycles. The Morgan fingerprint density at radius 2 is 1.82 bits per heavy atom. The van der Waals surface area contributed by atoms with E-state index in [1.54, 1.807) is 0 Å². The molecule has 0 amide bonds. The Kier molecular flexibility index (Phi) is 7.38. The molecule has 0 spiro atoms. The van der Waals surface area contributed by atoms with Crippen molar-refractivity contribution in [2.24, 2.45) is 0 Å². The number of esters is 2. The third kappa shape index (κ3) is 8.02. The summed E-state index contributed by atoms with van der Waals surface area (Å²) in [5, 5.41) is 3.23. The van der Waals surface area contributed by atoms with Gasteiger partial charge in [0.15, 0.2) is 0 Å². The van der Waals surface area contributed by atoms with Crippen LogP contribution in [0.4, 0.5) is 0 Å². The molecular weight excluding hydrogens is 286 g/mol. The van der Waals surface area contributed by atoms with Crippen molar-refractivity contribution in [1.82, 2.24) is 5.32 Å². The second-order valence-electron chi connectivity index (χ2n) is 6.40. The second kappa shape index (κ2) is 8.78. The van der Waals surface area contributed by atoms with E-state index in [1.165, 1.54) is 19.4 Å². The first-order chi connectivity index (χ1) is 10.3. The summed E-state index contributed by atoms with van der Waals surface area (Å²) in [6, 6.07) is 0.303. The minimum Gasteiger partial charge on any atom is -0.498 e. The Hall–Kier alpha value is -1.56. The summed E-state index contributed by atoms with van der Waals surface area (Å²) in [5.41, 5.74) is -0.448. The fourth-order valence-electron chi connectivity index (χ4n) is 2.28. The molecule has 1 saturated carbocycles. The van der Waals surface area contributed by atoms with Gasteiger partial charge in [-0.1, -0.05) is 0 Å². The molecule has 0 bridgehead atoms. The van der Waals surface area contributed by atoms with E-state index < -0.39 is 11.6 Å². The van der Waals surface area contributed by atoms with Crippen molar-refractivity contribution in [2.75, 3.05) is 13.7 Å². The van der Waals surface area contributed by atoms with Crippen LogP contribution < -0.4 is 5.32 Å². The van der Waals surface area contributed by atoms with Crippen molar-refractivity contribution < 1.29 is 23.8 Å². The summed E-state index contributed by atoms with van der Waals surface area (Å²) in [5.74, 6) is -0.653. The number of hydrogen-bond donors (Lipinski definition) is 1. The minimum absolute atomic E-state index is 0.112. The standard InChI is InChI=1S/C16H27NO5/c1-16(2,3)22-15(19)11-17-12-5-7-13(8-6-12)21-10-9-14(18)20-4/h9-10,12-13,17H,5-8,11H2,1-4H3/t12-,13-. The molecule has 0 saturated heterocycles. The van der Waals surface area contributed by atoms with E-state index >= 15 is 0 Å². The van der Waals surface area contributed by atoms with Gasteiger partial charge in [-0.25, -0.2) is 4.79 Å². The first-order valence-electron chi connectivity index (χ1n) is 7.65. The van der Waals surface area contributed by atoms with Crippen LogP contribution in [0.3, 0.4) is 0 Å². The van der Waals surface area contributed by atoms with Gasteiger partial charge in [0.05, 0.1) is 32.1 Å². The van der Waals surface area contributed by atoms with Gasteiger partial charge in [-0.15, -0.1) is 0 Å². The maximum Gasteiger partial charge on any atom is 0.333 e. The molecule has 0 unspecified atom stereocenters. The quantitative estimate of drug-likeness (QED) is 0.459. The topological polar surface area (TPSA) is 73.9 Å². The molecule has 1 aliphatic rings. The summed E-state index contributed by atoms with van der Waals surface area (Å²) in [6.07, 6.45) is 6.41. The average Bonchev–Trinajstić information content (AvgIpc) is 2.44. The van der Waals surface area contributed by atoms with E-state index in [9.17, 15) is 9.59 Å². The van der Waals surface area contributed by atoms with Crippen LogP contribution in [0, 0.1) is 0 Å². The van der Waals surface area contributed by atoms with Crippen LogP contribution in [0.25, 0.3) is 0 Å². The number of hydrogen-bond acceptors (Lipinski definition) is 6. The molecule has 1 rings (SSSR count). The summed E-state index contributed by atoms with van der Waals surface area (Å²) < 4.78 is 15.2. The largest absolute Gasteiger partial charge is 0.498 e. The Balaban J connectivity index is 2.19. The number of rotatable bonds is 6. The van der Waals surface area contributed by atoms with Gasteiger partial charge in [0.1, 0.15) is 5.60 Å². The molecule has 6 heteroatoms. The van der Waals surface area contributed by atoms with Crippen LogP contribution in [0.1, 0.15) is 46.5 Å². The van der Waals surface area contributed by atoms with Crippen LogP contribution in [0.2, 0.25) is 0 Å². The van der Waals surface area contributed by atoms with Crippen molar-refractivity contribution in [3.8, 4) is 0 Å². The molecular formula is C16H27NO5. The predicted octanol–water partition coefficient (Wildman–Crippen LogP) is 1.93. The van der Waals surface area contributed by atoms with Gasteiger partial charge in [0, 0.05) is 6.04 Å². The van der Waals surface area contributed by atoms with Gasteiger partial charge in [-0.2, -0.15) is 0 Å². The fraction of sp³-hybridized carbons (Fsp3) is 0.750. The van der Waals surface area contributed by atoms with E-state index in [-0.39, 0.29) is 18.6 Å². The molecule has 0 aliphatic heterocycles. The van der Waals surface area contributed by atoms with Gasteiger partial charge < -0.3 is 19.5 Å². The van der Waals surface area contributed by atoms with Crippen molar-refractivity contribution in [3.05, 3.63) is 12.3 Å². The predicted molar refractivity (Wildman–Crippen MR) is 82.1 cm³/mol. The molecule has 126 valence electrons. The molecule has 1 N–H and O–H groups in total. The van der Waals surface area contributed by atoms with Gasteiger partial charge in [0.2, 0.25) is 0 Å². The Morgan fingerprint density at radius 1 is 1.18 bits per heavy atom. The van der Waals surface area contributed by atoms with Crippen LogP contribution in [-0.2, 0) is 23.8 Å². The average molecular weight is 313 g/mol. The Labute approximate surface area is 132 Å². The summed E-state index contributed by atoms with van der Waals surface area (Å²) in [6.45, 7) is 5.80. The van der Waals surface area contributed by atoms with Crippen LogP contribution in [-0.4, -0.2) is 43.3 Å². The number of nitrogens with one attached hydrogen (secondary N) is 1. The number of ether oxygens (including phenoxy) is 3. The maximum atomic E-state index is 11.6. The molecule has 0 aromatic carbocycles. The molecule has 22 heavy (non-hydrogen) atoms. The summed E-state index contributed by atoms with van der Waals surface area (Å²) in [4.78, 5) is 22.5. The molecule has 6 nitrogen and oxygen atoms in total. The lowest BCUT2D eigenvalue weighted by atomic mass is 9.93. The molecule has 0 aromatic heterocycles. The smallest absolute Gasteiger partial charge is 0.333 e. The Morgan fingerprint density at radius 3 is 2.36 bits per heavy atom. The van der Waals surface area contributed by atoms with Gasteiger partial charge >= 0.3 is 11.9 Å². The SMILES string of the molecule is COC(=O)C=CO[C@H]1CC[C@H](NCC(=O)OC(C)(C)C)CC1. The van der Waals surface area contributed by atoms with Crippen molar-refractivity contribution in [3.63, 3.8) is 0 Å². The monoisotopic (exact) mass is 313 g/mol. The lowest BCUT2D eigenvalue weighted by molar-refractivity contribution is -0.153. The van der Waals surface area contributed by atoms with E-state index in [1.807, 2.05) is 20.8 Å². The molecule has 1 fully saturated rings. The van der Waals surface area contributed by atoms with Crippen LogP contribution >= 0.6 is 0 Å². The van der Waals surface area contributed by atoms with E-state index in [2.05, 4.69) is 10.1 Å². The highest BCUT2D eigenvalue weighted by Crippen LogP contribution is 2.21. The zero-order valence-electron chi connectivity index (χ0n) is 13.9. The van der Waals surface area contributed by atoms with Crippen molar-refractivity contribution in [2.45, 2.75) is 64.2 Å². The van der Waals surface area contributed by atoms with Gasteiger partial charge in [-0.05, 0) is 46.5 Å². The zero-order chi connectivity index (χ0) is 16.6. The van der Waals surface area contributed by atoms with E-state index in [0.717, 1.165) is 25.7 Å². The number of methoxy groups -OCH3 is 1. The lowest BCUT2D eigenvalue weighted by Gasteiger charge is -2.29. The highest BCUT2D eigenvalue weighted by atomic mass is 16.6. The van der Waals surface area contributed by atoms with E-state index in [4.69, 9.17) is 9.47 Å². The summed E-state index contributed by atoms with van der Waals surface area (Å²) >= 11 is 0. The molecule has 0 radical (unpaired) electrons. The highest BCUT2D eigenvalue weighted by Gasteiger charge is 2.23. The molecule has 0 atom stereocenters. The van der Waals surface area contributed by atoms with Crippen molar-refractivity contribution >= 4 is 11.9 Å². The van der Waals surface area contributed by atoms with Crippen LogP contribution in [0.5, 0.6) is 0 Å². The second-order valence-corrected chi connectivity index (χ2v) is 6.40. The number of carbonyl (C=O) groups excluding carboxylic acids is 2. The third-order valence-electron chi connectivity index (χ3n) is 3.31. The summed E-state index contributed by atoms with van der Waals surface area (Å²) in [7, 11) is 1.33. The van der Waals surface area contributed by atoms with Gasteiger partial charge in [0.25, 0.3) is 0 Å². The minimum atomic E-state index is -0.448. The van der Waals surface area contributed by atoms with E-state index in [0.29, 0.717) is 6.04 Å².